The maximum absolute atomic E-state index is 11.9. The van der Waals surface area contributed by atoms with E-state index in [2.05, 4.69) is 6.92 Å². The van der Waals surface area contributed by atoms with Crippen LogP contribution in [0, 0.1) is 0 Å². The molecule has 0 aromatic heterocycles. The Balaban J connectivity index is 2.63. The van der Waals surface area contributed by atoms with Crippen molar-refractivity contribution in [3.63, 3.8) is 0 Å². The predicted octanol–water partition coefficient (Wildman–Crippen LogP) is 1.26. The summed E-state index contributed by atoms with van der Waals surface area (Å²) in [6, 6.07) is -1.03. The van der Waals surface area contributed by atoms with Gasteiger partial charge in [0.15, 0.2) is 0 Å². The third-order valence-corrected chi connectivity index (χ3v) is 4.90. The van der Waals surface area contributed by atoms with E-state index in [1.54, 1.807) is 0 Å². The minimum absolute atomic E-state index is 0.0530. The lowest BCUT2D eigenvalue weighted by Crippen LogP contribution is -2.58. The highest BCUT2D eigenvalue weighted by molar-refractivity contribution is 8.00. The molecular formula is C14H23NO5S. The number of hydrogen-bond acceptors (Lipinski definition) is 5. The second kappa shape index (κ2) is 8.38. The van der Waals surface area contributed by atoms with Crippen LogP contribution in [0.25, 0.3) is 0 Å². The van der Waals surface area contributed by atoms with Gasteiger partial charge in [-0.25, -0.2) is 4.79 Å². The lowest BCUT2D eigenvalue weighted by molar-refractivity contribution is -0.158. The van der Waals surface area contributed by atoms with Crippen molar-refractivity contribution in [2.45, 2.75) is 63.5 Å². The zero-order chi connectivity index (χ0) is 16.0. The van der Waals surface area contributed by atoms with Gasteiger partial charge in [-0.2, -0.15) is 11.8 Å². The summed E-state index contributed by atoms with van der Waals surface area (Å²) in [6.45, 7) is 3.29. The maximum atomic E-state index is 11.9. The number of ketones is 1. The topological polar surface area (TPSA) is 94.9 Å². The Hall–Kier alpha value is -1.08. The van der Waals surface area contributed by atoms with E-state index in [4.69, 9.17) is 5.11 Å². The van der Waals surface area contributed by atoms with Crippen molar-refractivity contribution in [3.05, 3.63) is 0 Å². The normalized spacial score (nSPS) is 25.7. The van der Waals surface area contributed by atoms with Crippen LogP contribution in [0.2, 0.25) is 0 Å². The van der Waals surface area contributed by atoms with E-state index in [0.29, 0.717) is 6.42 Å². The number of carbonyl (C=O) groups excluding carboxylic acids is 2. The molecule has 0 radical (unpaired) electrons. The van der Waals surface area contributed by atoms with E-state index in [1.807, 2.05) is 0 Å². The lowest BCUT2D eigenvalue weighted by Gasteiger charge is -2.40. The number of aliphatic hydroxyl groups is 1. The number of carboxylic acid groups (broad SMARTS) is 1. The van der Waals surface area contributed by atoms with Crippen molar-refractivity contribution in [2.75, 3.05) is 5.75 Å². The molecule has 1 saturated heterocycles. The first kappa shape index (κ1) is 18.0. The molecule has 1 amide bonds. The van der Waals surface area contributed by atoms with Crippen molar-refractivity contribution in [1.82, 2.24) is 4.90 Å². The minimum Gasteiger partial charge on any atom is -0.480 e. The summed E-state index contributed by atoms with van der Waals surface area (Å²) < 4.78 is 0. The number of aliphatic carboxylic acids is 1. The average Bonchev–Trinajstić information content (AvgIpc) is 2.40. The van der Waals surface area contributed by atoms with Gasteiger partial charge in [-0.1, -0.05) is 19.8 Å². The van der Waals surface area contributed by atoms with E-state index in [9.17, 15) is 19.5 Å². The number of thioether (sulfide) groups is 1. The fourth-order valence-electron chi connectivity index (χ4n) is 2.40. The summed E-state index contributed by atoms with van der Waals surface area (Å²) >= 11 is 1.25. The van der Waals surface area contributed by atoms with Gasteiger partial charge >= 0.3 is 5.97 Å². The Morgan fingerprint density at radius 3 is 2.48 bits per heavy atom. The van der Waals surface area contributed by atoms with Crippen LogP contribution in [-0.2, 0) is 14.4 Å². The standard InChI is InChI=1S/C14H23NO5S/c1-3-4-5-6-10(17)7-12-13(18)15(9(2)16)11(8-21-12)14(19)20/h11-13,18H,3-8H2,1-2H3,(H,19,20). The summed E-state index contributed by atoms with van der Waals surface area (Å²) in [7, 11) is 0. The van der Waals surface area contributed by atoms with Gasteiger partial charge in [0.05, 0.1) is 5.25 Å². The number of hydrogen-bond donors (Lipinski definition) is 2. The molecule has 3 unspecified atom stereocenters. The fraction of sp³-hybridized carbons (Fsp3) is 0.786. The molecule has 7 heteroatoms. The first-order chi connectivity index (χ1) is 9.88. The summed E-state index contributed by atoms with van der Waals surface area (Å²) in [6.07, 6.45) is 2.28. The first-order valence-corrected chi connectivity index (χ1v) is 8.26. The second-order valence-electron chi connectivity index (χ2n) is 5.27. The number of aliphatic hydroxyl groups excluding tert-OH is 1. The third-order valence-electron chi connectivity index (χ3n) is 3.56. The van der Waals surface area contributed by atoms with E-state index >= 15 is 0 Å². The van der Waals surface area contributed by atoms with Crippen LogP contribution in [0.3, 0.4) is 0 Å². The molecule has 1 rings (SSSR count). The highest BCUT2D eigenvalue weighted by Crippen LogP contribution is 2.30. The molecule has 0 saturated carbocycles. The number of rotatable bonds is 7. The molecule has 0 bridgehead atoms. The molecule has 0 aromatic carbocycles. The monoisotopic (exact) mass is 317 g/mol. The van der Waals surface area contributed by atoms with Crippen LogP contribution >= 0.6 is 11.8 Å². The molecule has 3 atom stereocenters. The lowest BCUT2D eigenvalue weighted by atomic mass is 10.1. The molecule has 1 fully saturated rings. The Labute approximate surface area is 128 Å². The summed E-state index contributed by atoms with van der Waals surface area (Å²) in [4.78, 5) is 35.6. The van der Waals surface area contributed by atoms with Crippen molar-refractivity contribution in [2.24, 2.45) is 0 Å². The third kappa shape index (κ3) is 5.00. The van der Waals surface area contributed by atoms with Gasteiger partial charge in [-0.15, -0.1) is 0 Å². The van der Waals surface area contributed by atoms with E-state index < -0.39 is 29.4 Å². The zero-order valence-corrected chi connectivity index (χ0v) is 13.3. The molecule has 1 heterocycles. The van der Waals surface area contributed by atoms with Crippen molar-refractivity contribution in [1.29, 1.82) is 0 Å². The molecule has 1 aliphatic heterocycles. The SMILES string of the molecule is CCCCCC(=O)CC1SCC(C(=O)O)N(C(C)=O)C1O. The quantitative estimate of drug-likeness (QED) is 0.687. The van der Waals surface area contributed by atoms with Crippen LogP contribution < -0.4 is 0 Å². The van der Waals surface area contributed by atoms with Gasteiger partial charge in [-0.3, -0.25) is 9.59 Å². The van der Waals surface area contributed by atoms with Crippen molar-refractivity contribution >= 4 is 29.4 Å². The fourth-order valence-corrected chi connectivity index (χ4v) is 3.74. The molecule has 2 N–H and O–H groups in total. The largest absolute Gasteiger partial charge is 0.480 e. The number of Topliss-reactive ketones (excluding diaryl/α,β-unsaturated/α-hetero) is 1. The first-order valence-electron chi connectivity index (χ1n) is 7.21. The van der Waals surface area contributed by atoms with Gasteiger partial charge < -0.3 is 15.1 Å². The van der Waals surface area contributed by atoms with E-state index in [-0.39, 0.29) is 18.0 Å². The smallest absolute Gasteiger partial charge is 0.327 e. The number of unbranched alkanes of at least 4 members (excludes halogenated alkanes) is 2. The summed E-state index contributed by atoms with van der Waals surface area (Å²) in [5.41, 5.74) is 0. The summed E-state index contributed by atoms with van der Waals surface area (Å²) in [5.74, 6) is -1.38. The molecule has 120 valence electrons. The number of carbonyl (C=O) groups is 3. The number of carboxylic acids is 1. The van der Waals surface area contributed by atoms with Crippen molar-refractivity contribution in [3.8, 4) is 0 Å². The predicted molar refractivity (Wildman–Crippen MR) is 80.0 cm³/mol. The Morgan fingerprint density at radius 2 is 1.95 bits per heavy atom. The maximum Gasteiger partial charge on any atom is 0.327 e. The molecular weight excluding hydrogens is 294 g/mol. The van der Waals surface area contributed by atoms with Gasteiger partial charge in [0.25, 0.3) is 0 Å². The highest BCUT2D eigenvalue weighted by Gasteiger charge is 2.42. The van der Waals surface area contributed by atoms with E-state index in [1.165, 1.54) is 18.7 Å². The van der Waals surface area contributed by atoms with E-state index in [0.717, 1.165) is 24.2 Å². The number of nitrogens with zero attached hydrogens (tertiary/aromatic N) is 1. The Kier molecular flexibility index (Phi) is 7.17. The molecule has 6 nitrogen and oxygen atoms in total. The highest BCUT2D eigenvalue weighted by atomic mass is 32.2. The van der Waals surface area contributed by atoms with Crippen molar-refractivity contribution < 1.29 is 24.6 Å². The van der Waals surface area contributed by atoms with Gasteiger partial charge in [0.1, 0.15) is 18.1 Å². The van der Waals surface area contributed by atoms with Gasteiger partial charge in [0.2, 0.25) is 5.91 Å². The Bertz CT molecular complexity index is 401. The van der Waals surface area contributed by atoms with Gasteiger partial charge in [-0.05, 0) is 6.42 Å². The Morgan fingerprint density at radius 1 is 1.29 bits per heavy atom. The van der Waals surface area contributed by atoms with Crippen LogP contribution in [0.1, 0.15) is 46.0 Å². The van der Waals surface area contributed by atoms with Crippen LogP contribution in [-0.4, -0.2) is 56.0 Å². The molecule has 0 aromatic rings. The molecule has 0 aliphatic carbocycles. The number of amides is 1. The van der Waals surface area contributed by atoms with Crippen LogP contribution in [0.15, 0.2) is 0 Å². The second-order valence-corrected chi connectivity index (χ2v) is 6.54. The summed E-state index contributed by atoms with van der Waals surface area (Å²) in [5, 5.41) is 18.9. The zero-order valence-electron chi connectivity index (χ0n) is 12.4. The molecule has 21 heavy (non-hydrogen) atoms. The minimum atomic E-state index is -1.22. The van der Waals surface area contributed by atoms with Crippen LogP contribution in [0.4, 0.5) is 0 Å². The average molecular weight is 317 g/mol. The molecule has 1 aliphatic rings. The molecule has 0 spiro atoms. The van der Waals surface area contributed by atoms with Gasteiger partial charge in [0, 0.05) is 25.5 Å². The van der Waals surface area contributed by atoms with Crippen LogP contribution in [0.5, 0.6) is 0 Å².